The van der Waals surface area contributed by atoms with E-state index in [-0.39, 0.29) is 24.1 Å². The molecule has 122 valence electrons. The van der Waals surface area contributed by atoms with E-state index in [2.05, 4.69) is 21.8 Å². The fourth-order valence-electron chi connectivity index (χ4n) is 2.30. The summed E-state index contributed by atoms with van der Waals surface area (Å²) in [6.07, 6.45) is 4.73. The zero-order valence-electron chi connectivity index (χ0n) is 12.5. The molecule has 0 saturated carbocycles. The van der Waals surface area contributed by atoms with Crippen molar-refractivity contribution in [1.29, 1.82) is 0 Å². The average molecular weight is 337 g/mol. The minimum atomic E-state index is -0.302. The third-order valence-corrected chi connectivity index (χ3v) is 3.55. The monoisotopic (exact) mass is 336 g/mol. The first-order valence-corrected chi connectivity index (χ1v) is 7.21. The third kappa shape index (κ3) is 4.40. The highest BCUT2D eigenvalue weighted by atomic mass is 35.5. The lowest BCUT2D eigenvalue weighted by atomic mass is 10.1. The molecule has 0 fully saturated rings. The molecule has 0 unspecified atom stereocenters. The van der Waals surface area contributed by atoms with Gasteiger partial charge in [0, 0.05) is 19.3 Å². The molecule has 0 saturated heterocycles. The highest BCUT2D eigenvalue weighted by Gasteiger charge is 2.11. The van der Waals surface area contributed by atoms with Crippen LogP contribution in [0.3, 0.4) is 0 Å². The van der Waals surface area contributed by atoms with Crippen molar-refractivity contribution in [3.63, 3.8) is 0 Å². The topological polar surface area (TPSA) is 59.0 Å². The lowest BCUT2D eigenvalue weighted by molar-refractivity contribution is 0.0951. The van der Waals surface area contributed by atoms with Crippen LogP contribution in [-0.4, -0.2) is 35.3 Å². The molecule has 5 nitrogen and oxygen atoms in total. The summed E-state index contributed by atoms with van der Waals surface area (Å²) in [5, 5.41) is 10.3. The summed E-state index contributed by atoms with van der Waals surface area (Å²) in [4.78, 5) is 12.1. The van der Waals surface area contributed by atoms with E-state index in [1.54, 1.807) is 29.1 Å². The van der Waals surface area contributed by atoms with E-state index in [0.717, 1.165) is 19.5 Å². The Hall–Kier alpha value is -2.18. The Bertz CT molecular complexity index is 696. The molecule has 0 atom stereocenters. The lowest BCUT2D eigenvalue weighted by Crippen LogP contribution is -2.29. The Balaban J connectivity index is 0.00000192. The van der Waals surface area contributed by atoms with Crippen molar-refractivity contribution in [2.24, 2.45) is 0 Å². The first-order chi connectivity index (χ1) is 10.7. The van der Waals surface area contributed by atoms with Crippen LogP contribution in [0.5, 0.6) is 0 Å². The van der Waals surface area contributed by atoms with Crippen molar-refractivity contribution in [1.82, 2.24) is 20.4 Å². The molecule has 1 aromatic heterocycles. The van der Waals surface area contributed by atoms with Gasteiger partial charge in [-0.3, -0.25) is 4.79 Å². The maximum atomic E-state index is 12.9. The molecule has 2 N–H and O–H groups in total. The summed E-state index contributed by atoms with van der Waals surface area (Å²) >= 11 is 0. The van der Waals surface area contributed by atoms with Gasteiger partial charge in [0.1, 0.15) is 5.82 Å². The number of benzene rings is 1. The van der Waals surface area contributed by atoms with Gasteiger partial charge in [-0.15, -0.1) is 12.4 Å². The first kappa shape index (κ1) is 17.2. The molecule has 0 spiro atoms. The third-order valence-electron chi connectivity index (χ3n) is 3.55. The minimum absolute atomic E-state index is 0. The van der Waals surface area contributed by atoms with E-state index in [1.807, 2.05) is 0 Å². The maximum absolute atomic E-state index is 12.9. The van der Waals surface area contributed by atoms with Gasteiger partial charge in [0.25, 0.3) is 5.91 Å². The fourth-order valence-corrected chi connectivity index (χ4v) is 2.30. The molecule has 1 aliphatic rings. The van der Waals surface area contributed by atoms with Gasteiger partial charge < -0.3 is 10.6 Å². The number of carbonyl (C=O) groups excluding carboxylic acids is 1. The number of nitrogens with one attached hydrogen (secondary N) is 2. The van der Waals surface area contributed by atoms with Crippen LogP contribution in [0.4, 0.5) is 4.39 Å². The number of hydrogen-bond acceptors (Lipinski definition) is 3. The Morgan fingerprint density at radius 3 is 2.78 bits per heavy atom. The summed E-state index contributed by atoms with van der Waals surface area (Å²) in [6, 6.07) is 7.60. The van der Waals surface area contributed by atoms with Gasteiger partial charge in [0.2, 0.25) is 0 Å². The van der Waals surface area contributed by atoms with Crippen molar-refractivity contribution in [3.05, 3.63) is 59.7 Å². The van der Waals surface area contributed by atoms with Crippen molar-refractivity contribution >= 4 is 18.3 Å². The van der Waals surface area contributed by atoms with E-state index in [1.165, 1.54) is 17.7 Å². The number of hydrogen-bond donors (Lipinski definition) is 2. The van der Waals surface area contributed by atoms with Gasteiger partial charge in [-0.2, -0.15) is 5.10 Å². The Labute approximate surface area is 140 Å². The van der Waals surface area contributed by atoms with Crippen molar-refractivity contribution < 1.29 is 9.18 Å². The summed E-state index contributed by atoms with van der Waals surface area (Å²) in [5.41, 5.74) is 2.28. The Morgan fingerprint density at radius 2 is 2.09 bits per heavy atom. The van der Waals surface area contributed by atoms with Crippen LogP contribution in [0.25, 0.3) is 5.69 Å². The second-order valence-corrected chi connectivity index (χ2v) is 5.12. The smallest absolute Gasteiger partial charge is 0.272 e. The molecule has 3 rings (SSSR count). The van der Waals surface area contributed by atoms with Crippen molar-refractivity contribution in [2.75, 3.05) is 19.6 Å². The molecule has 1 amide bonds. The van der Waals surface area contributed by atoms with Crippen LogP contribution < -0.4 is 10.6 Å². The van der Waals surface area contributed by atoms with Gasteiger partial charge in [0.05, 0.1) is 5.69 Å². The van der Waals surface area contributed by atoms with E-state index in [0.29, 0.717) is 17.9 Å². The van der Waals surface area contributed by atoms with Crippen LogP contribution >= 0.6 is 12.4 Å². The summed E-state index contributed by atoms with van der Waals surface area (Å²) in [7, 11) is 0. The Kier molecular flexibility index (Phi) is 5.90. The molecule has 7 heteroatoms. The second kappa shape index (κ2) is 7.89. The van der Waals surface area contributed by atoms with Crippen LogP contribution in [0, 0.1) is 5.82 Å². The second-order valence-electron chi connectivity index (χ2n) is 5.12. The summed E-state index contributed by atoms with van der Waals surface area (Å²) in [6.45, 7) is 2.34. The number of amides is 1. The maximum Gasteiger partial charge on any atom is 0.272 e. The Morgan fingerprint density at radius 1 is 1.30 bits per heavy atom. The standard InChI is InChI=1S/C16H17FN4O.ClH/c17-13-1-3-14(4-2-13)21-10-7-15(20-21)16(22)19-11-12-5-8-18-9-6-12;/h1-5,7,10,18H,6,8-9,11H2,(H,19,22);1H. The van der Waals surface area contributed by atoms with E-state index in [9.17, 15) is 9.18 Å². The zero-order valence-corrected chi connectivity index (χ0v) is 13.3. The highest BCUT2D eigenvalue weighted by Crippen LogP contribution is 2.09. The molecule has 1 aliphatic heterocycles. The molecular weight excluding hydrogens is 319 g/mol. The summed E-state index contributed by atoms with van der Waals surface area (Å²) < 4.78 is 14.5. The number of aromatic nitrogens is 2. The van der Waals surface area contributed by atoms with Crippen LogP contribution in [0.2, 0.25) is 0 Å². The van der Waals surface area contributed by atoms with E-state index >= 15 is 0 Å². The van der Waals surface area contributed by atoms with Crippen LogP contribution in [-0.2, 0) is 0 Å². The fraction of sp³-hybridized carbons (Fsp3) is 0.250. The molecule has 1 aromatic carbocycles. The number of rotatable bonds is 4. The quantitative estimate of drug-likeness (QED) is 0.840. The largest absolute Gasteiger partial charge is 0.347 e. The predicted octanol–water partition coefficient (Wildman–Crippen LogP) is 2.08. The van der Waals surface area contributed by atoms with Gasteiger partial charge in [0.15, 0.2) is 5.69 Å². The van der Waals surface area contributed by atoms with Gasteiger partial charge in [-0.25, -0.2) is 9.07 Å². The molecule has 2 aromatic rings. The van der Waals surface area contributed by atoms with Gasteiger partial charge in [-0.05, 0) is 43.3 Å². The van der Waals surface area contributed by atoms with Gasteiger partial charge in [-0.1, -0.05) is 11.6 Å². The van der Waals surface area contributed by atoms with Crippen molar-refractivity contribution in [2.45, 2.75) is 6.42 Å². The van der Waals surface area contributed by atoms with E-state index < -0.39 is 0 Å². The number of nitrogens with zero attached hydrogens (tertiary/aromatic N) is 2. The molecular formula is C16H18ClFN4O. The molecule has 2 heterocycles. The SMILES string of the molecule is Cl.O=C(NCC1=CCNCC1)c1ccn(-c2ccc(F)cc2)n1. The van der Waals surface area contributed by atoms with Crippen LogP contribution in [0.1, 0.15) is 16.9 Å². The normalized spacial score (nSPS) is 13.9. The first-order valence-electron chi connectivity index (χ1n) is 7.21. The number of halogens is 2. The van der Waals surface area contributed by atoms with Gasteiger partial charge >= 0.3 is 0 Å². The predicted molar refractivity (Wildman–Crippen MR) is 88.7 cm³/mol. The number of carbonyl (C=O) groups is 1. The van der Waals surface area contributed by atoms with Crippen molar-refractivity contribution in [3.8, 4) is 5.69 Å². The molecule has 0 bridgehead atoms. The highest BCUT2D eigenvalue weighted by molar-refractivity contribution is 5.92. The average Bonchev–Trinajstić information content (AvgIpc) is 3.04. The van der Waals surface area contributed by atoms with Crippen LogP contribution in [0.15, 0.2) is 48.2 Å². The minimum Gasteiger partial charge on any atom is -0.347 e. The molecule has 0 aliphatic carbocycles. The lowest BCUT2D eigenvalue weighted by Gasteiger charge is -2.14. The summed E-state index contributed by atoms with van der Waals surface area (Å²) in [5.74, 6) is -0.510. The molecule has 0 radical (unpaired) electrons. The van der Waals surface area contributed by atoms with E-state index in [4.69, 9.17) is 0 Å². The molecule has 23 heavy (non-hydrogen) atoms. The zero-order chi connectivity index (χ0) is 15.4.